The Balaban J connectivity index is 1.62. The third-order valence-electron chi connectivity index (χ3n) is 5.51. The van der Waals surface area contributed by atoms with Crippen LogP contribution in [0.25, 0.3) is 11.3 Å². The zero-order valence-corrected chi connectivity index (χ0v) is 20.1. The summed E-state index contributed by atoms with van der Waals surface area (Å²) in [7, 11) is 0. The van der Waals surface area contributed by atoms with Gasteiger partial charge in [0.05, 0.1) is 12.0 Å². The van der Waals surface area contributed by atoms with E-state index in [1.807, 2.05) is 0 Å². The lowest BCUT2D eigenvalue weighted by Crippen LogP contribution is -2.32. The summed E-state index contributed by atoms with van der Waals surface area (Å²) in [6.07, 6.45) is -6.08. The second-order valence-electron chi connectivity index (χ2n) is 8.35. The minimum absolute atomic E-state index is 0.0824. The van der Waals surface area contributed by atoms with Crippen LogP contribution in [0.4, 0.5) is 24.8 Å². The number of para-hydroxylation sites is 1. The second kappa shape index (κ2) is 11.2. The summed E-state index contributed by atoms with van der Waals surface area (Å²) in [5.41, 5.74) is 12.1. The summed E-state index contributed by atoms with van der Waals surface area (Å²) < 4.78 is 53.0. The molecule has 0 aliphatic heterocycles. The highest BCUT2D eigenvalue weighted by Crippen LogP contribution is 2.40. The molecule has 6 N–H and O–H groups in total. The maximum absolute atomic E-state index is 14.2. The lowest BCUT2D eigenvalue weighted by Gasteiger charge is -2.24. The zero-order valence-electron chi connectivity index (χ0n) is 20.1. The van der Waals surface area contributed by atoms with E-state index in [1.54, 1.807) is 24.3 Å². The van der Waals surface area contributed by atoms with Crippen LogP contribution in [-0.2, 0) is 11.2 Å². The van der Waals surface area contributed by atoms with E-state index in [4.69, 9.17) is 25.7 Å². The first-order valence-electron chi connectivity index (χ1n) is 11.4. The third kappa shape index (κ3) is 6.70. The lowest BCUT2D eigenvalue weighted by molar-refractivity contribution is -0.198. The number of nitrogens with zero attached hydrogens (tertiary/aromatic N) is 2. The molecular weight excluding hydrogens is 519 g/mol. The van der Waals surface area contributed by atoms with Crippen LogP contribution in [0, 0.1) is 0 Å². The first-order valence-corrected chi connectivity index (χ1v) is 11.4. The highest BCUT2D eigenvalue weighted by atomic mass is 19.4. The minimum Gasteiger partial charge on any atom is -0.480 e. The number of benzene rings is 2. The van der Waals surface area contributed by atoms with Gasteiger partial charge in [-0.3, -0.25) is 9.59 Å². The summed E-state index contributed by atoms with van der Waals surface area (Å²) in [6.45, 7) is 0. The molecule has 4 rings (SSSR count). The second-order valence-corrected chi connectivity index (χ2v) is 8.35. The van der Waals surface area contributed by atoms with Gasteiger partial charge in [-0.2, -0.15) is 18.2 Å². The predicted octanol–water partition coefficient (Wildman–Crippen LogP) is 4.21. The molecule has 0 saturated carbocycles. The van der Waals surface area contributed by atoms with Crippen molar-refractivity contribution in [1.29, 1.82) is 0 Å². The zero-order chi connectivity index (χ0) is 28.2. The summed E-state index contributed by atoms with van der Waals surface area (Å²) >= 11 is 0. The molecule has 4 aromatic rings. The average Bonchev–Trinajstić information content (AvgIpc) is 3.43. The van der Waals surface area contributed by atoms with E-state index < -0.39 is 36.1 Å². The fourth-order valence-electron chi connectivity index (χ4n) is 3.66. The number of anilines is 2. The first-order chi connectivity index (χ1) is 18.5. The predicted molar refractivity (Wildman–Crippen MR) is 134 cm³/mol. The monoisotopic (exact) mass is 541 g/mol. The topological polar surface area (TPSA) is 167 Å². The maximum atomic E-state index is 14.2. The lowest BCUT2D eigenvalue weighted by atomic mass is 10.0. The fraction of sp³-hybridized carbons (Fsp3) is 0.154. The highest BCUT2D eigenvalue weighted by Gasteiger charge is 2.45. The summed E-state index contributed by atoms with van der Waals surface area (Å²) in [5.74, 6) is -2.76. The van der Waals surface area contributed by atoms with Crippen LogP contribution in [-0.4, -0.2) is 39.2 Å². The van der Waals surface area contributed by atoms with Gasteiger partial charge in [0.15, 0.2) is 5.76 Å². The number of ether oxygens (including phenoxy) is 1. The Morgan fingerprint density at radius 3 is 2.41 bits per heavy atom. The number of amides is 1. The number of alkyl halides is 3. The van der Waals surface area contributed by atoms with E-state index in [2.05, 4.69) is 15.3 Å². The molecule has 2 heterocycles. The van der Waals surface area contributed by atoms with Gasteiger partial charge in [-0.1, -0.05) is 42.5 Å². The van der Waals surface area contributed by atoms with Crippen LogP contribution in [0.15, 0.2) is 77.4 Å². The molecule has 0 bridgehead atoms. The molecule has 0 aliphatic carbocycles. The number of halogens is 3. The van der Waals surface area contributed by atoms with E-state index in [0.717, 1.165) is 0 Å². The van der Waals surface area contributed by atoms with E-state index >= 15 is 0 Å². The molecule has 39 heavy (non-hydrogen) atoms. The Morgan fingerprint density at radius 1 is 1.05 bits per heavy atom. The molecule has 0 spiro atoms. The Kier molecular flexibility index (Phi) is 7.81. The molecule has 0 aliphatic rings. The van der Waals surface area contributed by atoms with Crippen LogP contribution in [0.5, 0.6) is 5.88 Å². The third-order valence-corrected chi connectivity index (χ3v) is 5.51. The van der Waals surface area contributed by atoms with Crippen molar-refractivity contribution in [2.24, 2.45) is 5.73 Å². The van der Waals surface area contributed by atoms with Gasteiger partial charge >= 0.3 is 12.1 Å². The first kappa shape index (κ1) is 27.1. The number of rotatable bonds is 9. The van der Waals surface area contributed by atoms with Crippen LogP contribution in [0.1, 0.15) is 27.8 Å². The van der Waals surface area contributed by atoms with Crippen molar-refractivity contribution in [2.45, 2.75) is 24.7 Å². The summed E-state index contributed by atoms with van der Waals surface area (Å²) in [5, 5.41) is 11.4. The van der Waals surface area contributed by atoms with Crippen molar-refractivity contribution < 1.29 is 37.0 Å². The van der Waals surface area contributed by atoms with Gasteiger partial charge in [-0.05, 0) is 30.2 Å². The van der Waals surface area contributed by atoms with Crippen LogP contribution in [0.3, 0.4) is 0 Å². The molecule has 2 aromatic carbocycles. The Bertz CT molecular complexity index is 1460. The van der Waals surface area contributed by atoms with Crippen molar-refractivity contribution in [1.82, 2.24) is 9.97 Å². The van der Waals surface area contributed by atoms with Crippen LogP contribution < -0.4 is 21.5 Å². The quantitative estimate of drug-likeness (QED) is 0.243. The highest BCUT2D eigenvalue weighted by molar-refractivity contribution is 6.02. The molecular formula is C26H22F3N5O5. The van der Waals surface area contributed by atoms with Gasteiger partial charge in [0.25, 0.3) is 5.91 Å². The largest absolute Gasteiger partial charge is 0.480 e. The molecule has 0 radical (unpaired) electrons. The van der Waals surface area contributed by atoms with Crippen molar-refractivity contribution in [3.63, 3.8) is 0 Å². The molecule has 13 heteroatoms. The number of aliphatic carboxylic acids is 1. The molecule has 1 unspecified atom stereocenters. The van der Waals surface area contributed by atoms with Gasteiger partial charge in [-0.25, -0.2) is 4.98 Å². The minimum atomic E-state index is -4.91. The van der Waals surface area contributed by atoms with Gasteiger partial charge in [0.2, 0.25) is 17.9 Å². The van der Waals surface area contributed by atoms with Crippen LogP contribution in [0.2, 0.25) is 0 Å². The van der Waals surface area contributed by atoms with Crippen molar-refractivity contribution in [2.75, 3.05) is 11.1 Å². The number of nitrogens with one attached hydrogen (secondary N) is 1. The number of hydrogen-bond acceptors (Lipinski definition) is 8. The molecule has 1 amide bonds. The number of carboxylic acids is 1. The maximum Gasteiger partial charge on any atom is 0.429 e. The van der Waals surface area contributed by atoms with Crippen LogP contribution >= 0.6 is 0 Å². The van der Waals surface area contributed by atoms with E-state index in [9.17, 15) is 22.8 Å². The number of hydrogen-bond donors (Lipinski definition) is 4. The smallest absolute Gasteiger partial charge is 0.429 e. The Labute approximate surface area is 219 Å². The average molecular weight is 541 g/mol. The fourth-order valence-corrected chi connectivity index (χ4v) is 3.66. The Hall–Kier alpha value is -4.91. The number of carbonyl (C=O) groups is 2. The molecule has 2 atom stereocenters. The van der Waals surface area contributed by atoms with Gasteiger partial charge in [-0.15, -0.1) is 0 Å². The summed E-state index contributed by atoms with van der Waals surface area (Å²) in [4.78, 5) is 31.3. The van der Waals surface area contributed by atoms with E-state index in [-0.39, 0.29) is 35.1 Å². The number of carbonyl (C=O) groups excluding carboxylic acids is 1. The number of carboxylic acid groups (broad SMARTS) is 1. The van der Waals surface area contributed by atoms with E-state index in [1.165, 1.54) is 48.7 Å². The van der Waals surface area contributed by atoms with Gasteiger partial charge in [0, 0.05) is 22.9 Å². The Morgan fingerprint density at radius 2 is 1.77 bits per heavy atom. The SMILES string of the molecule is Nc1nc(OC(c2ccccc2NC(=O)c2ccco2)C(F)(F)F)cc(-c2ccc(C[C@H](N)C(=O)O)cc2)n1. The van der Waals surface area contributed by atoms with Crippen molar-refractivity contribution in [3.05, 3.63) is 89.9 Å². The standard InChI is InChI=1S/C26H22F3N5O5/c27-26(28,29)22(16-4-1-2-5-18(16)32-23(35)20-6-3-11-38-20)39-21-13-19(33-25(31)34-21)15-9-7-14(8-10-15)12-17(30)24(36)37/h1-11,13,17,22H,12,30H2,(H,32,35)(H,36,37)(H2,31,33,34)/t17-,22?/m0/s1. The molecule has 10 nitrogen and oxygen atoms in total. The van der Waals surface area contributed by atoms with Gasteiger partial charge in [0.1, 0.15) is 6.04 Å². The molecule has 2 aromatic heterocycles. The number of nitrogens with two attached hydrogens (primary N) is 2. The number of nitrogen functional groups attached to an aromatic ring is 1. The summed E-state index contributed by atoms with van der Waals surface area (Å²) in [6, 6.07) is 14.7. The molecule has 202 valence electrons. The molecule has 0 fully saturated rings. The molecule has 0 saturated heterocycles. The number of furan rings is 1. The van der Waals surface area contributed by atoms with Crippen molar-refractivity contribution in [3.8, 4) is 17.1 Å². The van der Waals surface area contributed by atoms with Gasteiger partial charge < -0.3 is 31.0 Å². The van der Waals surface area contributed by atoms with Crippen molar-refractivity contribution >= 4 is 23.5 Å². The number of aromatic nitrogens is 2. The van der Waals surface area contributed by atoms with E-state index in [0.29, 0.717) is 11.1 Å². The normalized spacial score (nSPS) is 12.9.